The van der Waals surface area contributed by atoms with E-state index in [9.17, 15) is 24.6 Å². The zero-order valence-electron chi connectivity index (χ0n) is 15.8. The van der Waals surface area contributed by atoms with Crippen molar-refractivity contribution in [1.29, 1.82) is 0 Å². The molecule has 2 N–H and O–H groups in total. The quantitative estimate of drug-likeness (QED) is 0.795. The lowest BCUT2D eigenvalue weighted by Crippen LogP contribution is -2.63. The van der Waals surface area contributed by atoms with Crippen LogP contribution in [0.4, 0.5) is 4.79 Å². The van der Waals surface area contributed by atoms with Gasteiger partial charge in [-0.3, -0.25) is 9.69 Å². The van der Waals surface area contributed by atoms with Crippen molar-refractivity contribution >= 4 is 18.0 Å². The highest BCUT2D eigenvalue weighted by atomic mass is 16.6. The fourth-order valence-electron chi connectivity index (χ4n) is 3.00. The van der Waals surface area contributed by atoms with Gasteiger partial charge in [-0.25, -0.2) is 9.59 Å². The maximum Gasteiger partial charge on any atom is 0.411 e. The zero-order chi connectivity index (χ0) is 20.2. The summed E-state index contributed by atoms with van der Waals surface area (Å²) in [6, 6.07) is 6.93. The average Bonchev–Trinajstić information content (AvgIpc) is 2.57. The van der Waals surface area contributed by atoms with Gasteiger partial charge in [0.05, 0.1) is 6.61 Å². The third-order valence-electron chi connectivity index (χ3n) is 4.26. The Hall–Kier alpha value is -2.61. The molecule has 0 unspecified atom stereocenters. The first kappa shape index (κ1) is 20.7. The predicted octanol–water partition coefficient (Wildman–Crippen LogP) is 1.12. The number of carbonyl (C=O) groups excluding carboxylic acids is 2. The van der Waals surface area contributed by atoms with Crippen LogP contribution in [0.2, 0.25) is 0 Å². The number of hydrogen-bond donors (Lipinski definition) is 2. The molecule has 2 atom stereocenters. The van der Waals surface area contributed by atoms with Crippen LogP contribution >= 0.6 is 0 Å². The number of aliphatic carboxylic acids is 1. The van der Waals surface area contributed by atoms with Crippen molar-refractivity contribution in [1.82, 2.24) is 9.80 Å². The van der Waals surface area contributed by atoms with Gasteiger partial charge in [0.2, 0.25) is 5.91 Å². The highest BCUT2D eigenvalue weighted by Crippen LogP contribution is 2.21. The lowest BCUT2D eigenvalue weighted by molar-refractivity contribution is -0.157. The highest BCUT2D eigenvalue weighted by molar-refractivity contribution is 5.90. The number of rotatable bonds is 5. The van der Waals surface area contributed by atoms with Gasteiger partial charge in [-0.15, -0.1) is 0 Å². The van der Waals surface area contributed by atoms with Gasteiger partial charge in [0.15, 0.2) is 6.04 Å². The summed E-state index contributed by atoms with van der Waals surface area (Å²) in [5.41, 5.74) is 0.116. The molecule has 0 aromatic heterocycles. The van der Waals surface area contributed by atoms with Crippen LogP contribution in [-0.4, -0.2) is 75.4 Å². The van der Waals surface area contributed by atoms with Crippen LogP contribution in [0.25, 0.3) is 0 Å². The molecule has 2 rings (SSSR count). The molecule has 8 nitrogen and oxygen atoms in total. The topological polar surface area (TPSA) is 107 Å². The number of aliphatic hydroxyl groups is 1. The van der Waals surface area contributed by atoms with Gasteiger partial charge in [-0.1, -0.05) is 30.3 Å². The first-order chi connectivity index (χ1) is 12.6. The van der Waals surface area contributed by atoms with E-state index in [1.165, 1.54) is 4.90 Å². The summed E-state index contributed by atoms with van der Waals surface area (Å²) < 4.78 is 5.41. The summed E-state index contributed by atoms with van der Waals surface area (Å²) in [7, 11) is 0. The minimum Gasteiger partial charge on any atom is -0.480 e. The summed E-state index contributed by atoms with van der Waals surface area (Å²) in [6.07, 6.45) is -0.389. The zero-order valence-corrected chi connectivity index (χ0v) is 15.8. The summed E-state index contributed by atoms with van der Waals surface area (Å²) in [6.45, 7) is 4.67. The molecule has 1 aromatic carbocycles. The molecular weight excluding hydrogens is 352 g/mol. The van der Waals surface area contributed by atoms with E-state index in [0.29, 0.717) is 0 Å². The largest absolute Gasteiger partial charge is 0.480 e. The third-order valence-corrected chi connectivity index (χ3v) is 4.26. The molecule has 1 aromatic rings. The van der Waals surface area contributed by atoms with E-state index in [1.807, 2.05) is 30.3 Å². The van der Waals surface area contributed by atoms with Crippen LogP contribution in [0.1, 0.15) is 26.3 Å². The van der Waals surface area contributed by atoms with Crippen LogP contribution in [0.15, 0.2) is 30.3 Å². The molecule has 0 radical (unpaired) electrons. The molecule has 1 fully saturated rings. The molecule has 148 valence electrons. The fourth-order valence-corrected chi connectivity index (χ4v) is 3.00. The lowest BCUT2D eigenvalue weighted by Gasteiger charge is -2.42. The molecule has 27 heavy (non-hydrogen) atoms. The number of hydrogen-bond acceptors (Lipinski definition) is 5. The van der Waals surface area contributed by atoms with Crippen molar-refractivity contribution in [3.05, 3.63) is 35.9 Å². The third kappa shape index (κ3) is 5.19. The Bertz CT molecular complexity index is 685. The molecule has 1 aliphatic heterocycles. The molecule has 1 heterocycles. The number of ether oxygens (including phenoxy) is 1. The van der Waals surface area contributed by atoms with E-state index in [2.05, 4.69) is 0 Å². The Morgan fingerprint density at radius 3 is 2.37 bits per heavy atom. The lowest BCUT2D eigenvalue weighted by atomic mass is 10.0. The molecule has 0 saturated carbocycles. The number of carboxylic acid groups (broad SMARTS) is 1. The van der Waals surface area contributed by atoms with Gasteiger partial charge in [0.25, 0.3) is 0 Å². The van der Waals surface area contributed by atoms with E-state index < -0.39 is 42.3 Å². The summed E-state index contributed by atoms with van der Waals surface area (Å²) in [4.78, 5) is 39.5. The van der Waals surface area contributed by atoms with Gasteiger partial charge in [0.1, 0.15) is 11.6 Å². The van der Waals surface area contributed by atoms with E-state index in [1.54, 1.807) is 20.8 Å². The second-order valence-corrected chi connectivity index (χ2v) is 7.45. The smallest absolute Gasteiger partial charge is 0.411 e. The van der Waals surface area contributed by atoms with Crippen molar-refractivity contribution in [2.75, 3.05) is 19.7 Å². The Balaban J connectivity index is 2.30. The van der Waals surface area contributed by atoms with Crippen LogP contribution in [0.3, 0.4) is 0 Å². The fraction of sp³-hybridized carbons (Fsp3) is 0.526. The molecule has 1 saturated heterocycles. The summed E-state index contributed by atoms with van der Waals surface area (Å²) >= 11 is 0. The van der Waals surface area contributed by atoms with Crippen molar-refractivity contribution in [3.8, 4) is 0 Å². The SMILES string of the molecule is CC(C)(C)OC(=O)N1CCN([C@H](CO)C(=O)O)C(=O)[C@H]1Cc1ccccc1. The van der Waals surface area contributed by atoms with Crippen molar-refractivity contribution in [2.24, 2.45) is 0 Å². The Labute approximate surface area is 158 Å². The summed E-state index contributed by atoms with van der Waals surface area (Å²) in [5, 5.41) is 18.7. The van der Waals surface area contributed by atoms with Crippen molar-refractivity contribution in [3.63, 3.8) is 0 Å². The molecule has 1 aliphatic rings. The maximum absolute atomic E-state index is 13.0. The van der Waals surface area contributed by atoms with E-state index in [4.69, 9.17) is 4.74 Å². The van der Waals surface area contributed by atoms with Gasteiger partial charge in [-0.05, 0) is 26.3 Å². The first-order valence-corrected chi connectivity index (χ1v) is 8.81. The summed E-state index contributed by atoms with van der Waals surface area (Å²) in [5.74, 6) is -1.80. The second kappa shape index (κ2) is 8.39. The van der Waals surface area contributed by atoms with E-state index in [0.717, 1.165) is 10.5 Å². The molecular formula is C19H26N2O6. The van der Waals surface area contributed by atoms with E-state index >= 15 is 0 Å². The second-order valence-electron chi connectivity index (χ2n) is 7.45. The van der Waals surface area contributed by atoms with Crippen LogP contribution in [0, 0.1) is 0 Å². The molecule has 0 spiro atoms. The first-order valence-electron chi connectivity index (χ1n) is 8.81. The number of carbonyl (C=O) groups is 3. The number of nitrogens with zero attached hydrogens (tertiary/aromatic N) is 2. The average molecular weight is 378 g/mol. The number of carboxylic acids is 1. The van der Waals surface area contributed by atoms with Gasteiger partial charge >= 0.3 is 12.1 Å². The molecule has 8 heteroatoms. The number of aliphatic hydroxyl groups excluding tert-OH is 1. The normalized spacial score (nSPS) is 19.0. The Morgan fingerprint density at radius 2 is 1.85 bits per heavy atom. The van der Waals surface area contributed by atoms with Gasteiger partial charge < -0.3 is 19.8 Å². The number of amides is 2. The van der Waals surface area contributed by atoms with Gasteiger partial charge in [0, 0.05) is 19.5 Å². The monoisotopic (exact) mass is 378 g/mol. The predicted molar refractivity (Wildman–Crippen MR) is 97.1 cm³/mol. The number of benzene rings is 1. The van der Waals surface area contributed by atoms with E-state index in [-0.39, 0.29) is 19.5 Å². The van der Waals surface area contributed by atoms with Gasteiger partial charge in [-0.2, -0.15) is 0 Å². The van der Waals surface area contributed by atoms with Crippen LogP contribution < -0.4 is 0 Å². The van der Waals surface area contributed by atoms with Crippen LogP contribution in [-0.2, 0) is 20.7 Å². The Kier molecular flexibility index (Phi) is 6.43. The Morgan fingerprint density at radius 1 is 1.22 bits per heavy atom. The molecule has 0 aliphatic carbocycles. The van der Waals surface area contributed by atoms with Crippen molar-refractivity contribution < 1.29 is 29.3 Å². The maximum atomic E-state index is 13.0. The minimum absolute atomic E-state index is 0.0148. The number of piperazine rings is 1. The standard InChI is InChI=1S/C19H26N2O6/c1-19(2,3)27-18(26)21-10-9-20(15(12-22)17(24)25)16(23)14(21)11-13-7-5-4-6-8-13/h4-8,14-15,22H,9-12H2,1-3H3,(H,24,25)/t14-,15-/m1/s1. The highest BCUT2D eigenvalue weighted by Gasteiger charge is 2.43. The van der Waals surface area contributed by atoms with Crippen LogP contribution in [0.5, 0.6) is 0 Å². The van der Waals surface area contributed by atoms with Crippen molar-refractivity contribution in [2.45, 2.75) is 44.9 Å². The molecule has 0 bridgehead atoms. The minimum atomic E-state index is -1.34. The molecule has 2 amide bonds.